The second-order valence-electron chi connectivity index (χ2n) is 4.23. The van der Waals surface area contributed by atoms with E-state index in [1.165, 1.54) is 0 Å². The minimum absolute atomic E-state index is 0.386. The summed E-state index contributed by atoms with van der Waals surface area (Å²) in [7, 11) is 1.85. The predicted octanol–water partition coefficient (Wildman–Crippen LogP) is 0.214. The second-order valence-corrected chi connectivity index (χ2v) is 4.23. The Morgan fingerprint density at radius 1 is 1.28 bits per heavy atom. The molecule has 0 fully saturated rings. The SMILES string of the molecule is Cc1ccc2nnc(C(N)c3cnn(C)c3)n2n1. The highest BCUT2D eigenvalue weighted by Crippen LogP contribution is 2.17. The Bertz CT molecular complexity index is 696. The molecule has 0 amide bonds. The zero-order valence-electron chi connectivity index (χ0n) is 10.1. The lowest BCUT2D eigenvalue weighted by molar-refractivity contribution is 0.718. The molecule has 0 saturated carbocycles. The molecule has 0 spiro atoms. The molecule has 3 rings (SSSR count). The average Bonchev–Trinajstić information content (AvgIpc) is 2.94. The molecule has 0 saturated heterocycles. The van der Waals surface area contributed by atoms with Crippen LogP contribution in [0.5, 0.6) is 0 Å². The highest BCUT2D eigenvalue weighted by atomic mass is 15.4. The van der Waals surface area contributed by atoms with E-state index >= 15 is 0 Å². The molecule has 0 aromatic carbocycles. The van der Waals surface area contributed by atoms with E-state index in [-0.39, 0.29) is 6.04 Å². The van der Waals surface area contributed by atoms with Crippen molar-refractivity contribution in [2.45, 2.75) is 13.0 Å². The van der Waals surface area contributed by atoms with E-state index < -0.39 is 0 Å². The monoisotopic (exact) mass is 243 g/mol. The number of aromatic nitrogens is 6. The van der Waals surface area contributed by atoms with Crippen molar-refractivity contribution in [2.75, 3.05) is 0 Å². The maximum absolute atomic E-state index is 6.17. The van der Waals surface area contributed by atoms with Gasteiger partial charge in [-0.25, -0.2) is 0 Å². The summed E-state index contributed by atoms with van der Waals surface area (Å²) in [4.78, 5) is 0. The fourth-order valence-electron chi connectivity index (χ4n) is 1.84. The fourth-order valence-corrected chi connectivity index (χ4v) is 1.84. The van der Waals surface area contributed by atoms with Crippen molar-refractivity contribution in [3.8, 4) is 0 Å². The maximum atomic E-state index is 6.17. The van der Waals surface area contributed by atoms with Gasteiger partial charge in [-0.15, -0.1) is 10.2 Å². The molecule has 0 aliphatic carbocycles. The maximum Gasteiger partial charge on any atom is 0.178 e. The molecule has 0 aliphatic heterocycles. The van der Waals surface area contributed by atoms with Crippen molar-refractivity contribution >= 4 is 5.65 Å². The van der Waals surface area contributed by atoms with Crippen LogP contribution in [0.2, 0.25) is 0 Å². The molecule has 0 radical (unpaired) electrons. The van der Waals surface area contributed by atoms with Crippen LogP contribution in [0.1, 0.15) is 23.1 Å². The minimum Gasteiger partial charge on any atom is -0.317 e. The fraction of sp³-hybridized carbons (Fsp3) is 0.273. The third-order valence-corrected chi connectivity index (χ3v) is 2.78. The van der Waals surface area contributed by atoms with Gasteiger partial charge < -0.3 is 5.73 Å². The number of nitrogens with two attached hydrogens (primary N) is 1. The average molecular weight is 243 g/mol. The van der Waals surface area contributed by atoms with Gasteiger partial charge in [-0.1, -0.05) is 0 Å². The zero-order valence-corrected chi connectivity index (χ0v) is 10.1. The van der Waals surface area contributed by atoms with E-state index in [9.17, 15) is 0 Å². The quantitative estimate of drug-likeness (QED) is 0.695. The Balaban J connectivity index is 2.11. The van der Waals surface area contributed by atoms with Crippen LogP contribution in [0.3, 0.4) is 0 Å². The van der Waals surface area contributed by atoms with Crippen LogP contribution in [0, 0.1) is 6.92 Å². The standard InChI is InChI=1S/C11H13N7/c1-7-3-4-9-14-15-11(18(9)16-7)10(12)8-5-13-17(2)6-8/h3-6,10H,12H2,1-2H3. The van der Waals surface area contributed by atoms with Crippen LogP contribution in [0.4, 0.5) is 0 Å². The summed E-state index contributed by atoms with van der Waals surface area (Å²) in [5.74, 6) is 0.613. The molecule has 2 N–H and O–H groups in total. The van der Waals surface area contributed by atoms with Gasteiger partial charge in [0, 0.05) is 18.8 Å². The van der Waals surface area contributed by atoms with Gasteiger partial charge in [-0.3, -0.25) is 4.68 Å². The molecular weight excluding hydrogens is 230 g/mol. The van der Waals surface area contributed by atoms with Gasteiger partial charge in [-0.05, 0) is 19.1 Å². The third kappa shape index (κ3) is 1.65. The summed E-state index contributed by atoms with van der Waals surface area (Å²) < 4.78 is 3.38. The summed E-state index contributed by atoms with van der Waals surface area (Å²) in [6, 6.07) is 3.38. The minimum atomic E-state index is -0.386. The second kappa shape index (κ2) is 3.88. The van der Waals surface area contributed by atoms with Crippen molar-refractivity contribution in [3.63, 3.8) is 0 Å². The van der Waals surface area contributed by atoms with E-state index in [0.717, 1.165) is 11.3 Å². The summed E-state index contributed by atoms with van der Waals surface area (Å²) >= 11 is 0. The van der Waals surface area contributed by atoms with E-state index in [0.29, 0.717) is 11.5 Å². The number of fused-ring (bicyclic) bond motifs is 1. The van der Waals surface area contributed by atoms with Gasteiger partial charge >= 0.3 is 0 Å². The molecule has 1 atom stereocenters. The molecular formula is C11H13N7. The normalized spacial score (nSPS) is 13.1. The first-order chi connectivity index (χ1) is 8.65. The van der Waals surface area contributed by atoms with Crippen LogP contribution in [0.25, 0.3) is 5.65 Å². The number of hydrogen-bond donors (Lipinski definition) is 1. The van der Waals surface area contributed by atoms with Crippen LogP contribution >= 0.6 is 0 Å². The highest BCUT2D eigenvalue weighted by Gasteiger charge is 2.18. The van der Waals surface area contributed by atoms with Gasteiger partial charge in [0.25, 0.3) is 0 Å². The Morgan fingerprint density at radius 2 is 2.11 bits per heavy atom. The van der Waals surface area contributed by atoms with Gasteiger partial charge in [-0.2, -0.15) is 14.7 Å². The van der Waals surface area contributed by atoms with Crippen molar-refractivity contribution in [2.24, 2.45) is 12.8 Å². The van der Waals surface area contributed by atoms with Gasteiger partial charge in [0.05, 0.1) is 17.9 Å². The Hall–Kier alpha value is -2.28. The first-order valence-corrected chi connectivity index (χ1v) is 5.58. The molecule has 7 heteroatoms. The Kier molecular flexibility index (Phi) is 2.34. The summed E-state index contributed by atoms with van der Waals surface area (Å²) in [5.41, 5.74) is 8.64. The summed E-state index contributed by atoms with van der Waals surface area (Å²) in [6.07, 6.45) is 3.59. The van der Waals surface area contributed by atoms with Crippen LogP contribution in [0.15, 0.2) is 24.5 Å². The molecule has 92 valence electrons. The zero-order chi connectivity index (χ0) is 12.7. The van der Waals surface area contributed by atoms with Gasteiger partial charge in [0.15, 0.2) is 11.5 Å². The summed E-state index contributed by atoms with van der Waals surface area (Å²) in [6.45, 7) is 1.92. The first kappa shape index (κ1) is 10.8. The highest BCUT2D eigenvalue weighted by molar-refractivity contribution is 5.37. The lowest BCUT2D eigenvalue weighted by atomic mass is 10.2. The van der Waals surface area contributed by atoms with Crippen molar-refractivity contribution < 1.29 is 0 Å². The van der Waals surface area contributed by atoms with Gasteiger partial charge in [0.1, 0.15) is 0 Å². The largest absolute Gasteiger partial charge is 0.317 e. The van der Waals surface area contributed by atoms with Crippen molar-refractivity contribution in [1.82, 2.24) is 29.6 Å². The van der Waals surface area contributed by atoms with Crippen molar-refractivity contribution in [3.05, 3.63) is 41.6 Å². The predicted molar refractivity (Wildman–Crippen MR) is 64.8 cm³/mol. The Labute approximate surface area is 103 Å². The molecule has 3 heterocycles. The number of rotatable bonds is 2. The van der Waals surface area contributed by atoms with Crippen LogP contribution in [-0.4, -0.2) is 29.6 Å². The number of nitrogens with zero attached hydrogens (tertiary/aromatic N) is 6. The topological polar surface area (TPSA) is 86.9 Å². The van der Waals surface area contributed by atoms with E-state index in [1.807, 2.05) is 32.3 Å². The number of aryl methyl sites for hydroxylation is 2. The summed E-state index contributed by atoms with van der Waals surface area (Å²) in [5, 5.41) is 16.6. The molecule has 3 aromatic heterocycles. The molecule has 0 aliphatic rings. The lowest BCUT2D eigenvalue weighted by Gasteiger charge is -2.06. The molecule has 18 heavy (non-hydrogen) atoms. The van der Waals surface area contributed by atoms with Crippen LogP contribution < -0.4 is 5.73 Å². The van der Waals surface area contributed by atoms with E-state index in [4.69, 9.17) is 5.73 Å². The first-order valence-electron chi connectivity index (χ1n) is 5.58. The van der Waals surface area contributed by atoms with Crippen LogP contribution in [-0.2, 0) is 7.05 Å². The molecule has 3 aromatic rings. The van der Waals surface area contributed by atoms with Gasteiger partial charge in [0.2, 0.25) is 0 Å². The smallest absolute Gasteiger partial charge is 0.178 e. The molecule has 7 nitrogen and oxygen atoms in total. The number of hydrogen-bond acceptors (Lipinski definition) is 5. The van der Waals surface area contributed by atoms with E-state index in [1.54, 1.807) is 15.4 Å². The van der Waals surface area contributed by atoms with E-state index in [2.05, 4.69) is 20.4 Å². The third-order valence-electron chi connectivity index (χ3n) is 2.78. The molecule has 1 unspecified atom stereocenters. The van der Waals surface area contributed by atoms with Crippen molar-refractivity contribution in [1.29, 1.82) is 0 Å². The lowest BCUT2D eigenvalue weighted by Crippen LogP contribution is -2.16. The Morgan fingerprint density at radius 3 is 2.83 bits per heavy atom. The molecule has 0 bridgehead atoms.